The number of hydrogen-bond acceptors (Lipinski definition) is 4. The van der Waals surface area contributed by atoms with Crippen LogP contribution < -0.4 is 4.72 Å². The van der Waals surface area contributed by atoms with Gasteiger partial charge in [0.2, 0.25) is 15.9 Å². The average Bonchev–Trinajstić information content (AvgIpc) is 3.28. The third kappa shape index (κ3) is 4.76. The second-order valence-corrected chi connectivity index (χ2v) is 11.1. The minimum Gasteiger partial charge on any atom is -0.377 e. The van der Waals surface area contributed by atoms with Gasteiger partial charge in [0.1, 0.15) is 0 Å². The molecular weight excluding hydrogens is 450 g/mol. The maximum Gasteiger partial charge on any atom is 0.240 e. The number of H-pyrrole nitrogens is 1. The summed E-state index contributed by atoms with van der Waals surface area (Å²) in [5.41, 5.74) is 2.80. The number of carbonyl (C=O) groups is 1. The van der Waals surface area contributed by atoms with Crippen LogP contribution in [0, 0.1) is 5.92 Å². The summed E-state index contributed by atoms with van der Waals surface area (Å²) in [6.07, 6.45) is 2.73. The minimum absolute atomic E-state index is 0.0343. The van der Waals surface area contributed by atoms with Crippen LogP contribution in [0.5, 0.6) is 0 Å². The predicted molar refractivity (Wildman–Crippen MR) is 132 cm³/mol. The zero-order chi connectivity index (χ0) is 23.7. The molecule has 1 saturated heterocycles. The van der Waals surface area contributed by atoms with Gasteiger partial charge in [-0.25, -0.2) is 13.1 Å². The first-order valence-corrected chi connectivity index (χ1v) is 13.5. The summed E-state index contributed by atoms with van der Waals surface area (Å²) in [7, 11) is -3.66. The maximum atomic E-state index is 13.1. The van der Waals surface area contributed by atoms with Crippen LogP contribution in [0.4, 0.5) is 0 Å². The molecule has 0 spiro atoms. The fourth-order valence-corrected chi connectivity index (χ4v) is 6.41. The third-order valence-electron chi connectivity index (χ3n) is 7.04. The van der Waals surface area contributed by atoms with Crippen molar-refractivity contribution in [2.75, 3.05) is 19.8 Å². The maximum absolute atomic E-state index is 13.1. The number of ether oxygens (including phenoxy) is 1. The van der Waals surface area contributed by atoms with Gasteiger partial charge in [0, 0.05) is 35.1 Å². The number of fused-ring (bicyclic) bond motifs is 1. The van der Waals surface area contributed by atoms with Crippen LogP contribution in [0.25, 0.3) is 22.2 Å². The highest BCUT2D eigenvalue weighted by atomic mass is 32.2. The monoisotopic (exact) mass is 481 g/mol. The zero-order valence-electron chi connectivity index (χ0n) is 19.4. The Morgan fingerprint density at radius 3 is 2.56 bits per heavy atom. The fraction of sp³-hybridized carbons (Fsp3) is 0.423. The molecule has 2 aliphatic rings. The molecule has 0 radical (unpaired) electrons. The van der Waals surface area contributed by atoms with Crippen molar-refractivity contribution in [3.63, 3.8) is 0 Å². The molecule has 1 atom stereocenters. The summed E-state index contributed by atoms with van der Waals surface area (Å²) in [4.78, 5) is 18.4. The molecular formula is C26H31N3O4S. The van der Waals surface area contributed by atoms with E-state index < -0.39 is 10.0 Å². The number of carbonyl (C=O) groups excluding carboxylic acids is 1. The Bertz CT molecular complexity index is 1260. The minimum atomic E-state index is -3.66. The number of rotatable bonds is 5. The lowest BCUT2D eigenvalue weighted by atomic mass is 9.85. The van der Waals surface area contributed by atoms with Gasteiger partial charge in [-0.2, -0.15) is 0 Å². The van der Waals surface area contributed by atoms with E-state index in [1.54, 1.807) is 12.1 Å². The predicted octanol–water partition coefficient (Wildman–Crippen LogP) is 3.92. The lowest BCUT2D eigenvalue weighted by Gasteiger charge is -2.37. The number of morpholine rings is 1. The molecule has 7 nitrogen and oxygen atoms in total. The zero-order valence-corrected chi connectivity index (χ0v) is 20.2. The summed E-state index contributed by atoms with van der Waals surface area (Å²) < 4.78 is 34.5. The van der Waals surface area contributed by atoms with E-state index in [4.69, 9.17) is 4.74 Å². The summed E-state index contributed by atoms with van der Waals surface area (Å²) in [6, 6.07) is 17.1. The standard InChI is InChI=1S/C26H31N3O4S/c1-18-17-33-14-13-29(18)26(30)20-7-10-22(11-8-20)28-34(31,32)23-12-9-21-15-24(27-25(21)16-23)19-5-3-2-4-6-19/h2-6,9,12,15-16,18,20,22,27-28H,7-8,10-11,13-14,17H2,1H3. The van der Waals surface area contributed by atoms with E-state index in [9.17, 15) is 13.2 Å². The van der Waals surface area contributed by atoms with Gasteiger partial charge in [0.05, 0.1) is 24.2 Å². The van der Waals surface area contributed by atoms with Crippen molar-refractivity contribution in [2.45, 2.75) is 49.6 Å². The molecule has 3 aromatic rings. The molecule has 5 rings (SSSR count). The Balaban J connectivity index is 1.24. The molecule has 1 aromatic heterocycles. The molecule has 1 amide bonds. The lowest BCUT2D eigenvalue weighted by Crippen LogP contribution is -2.50. The summed E-state index contributed by atoms with van der Waals surface area (Å²) in [6.45, 7) is 3.82. The molecule has 2 N–H and O–H groups in total. The van der Waals surface area contributed by atoms with Crippen LogP contribution in [0.3, 0.4) is 0 Å². The summed E-state index contributed by atoms with van der Waals surface area (Å²) >= 11 is 0. The largest absolute Gasteiger partial charge is 0.377 e. The first-order valence-electron chi connectivity index (χ1n) is 12.0. The van der Waals surface area contributed by atoms with Gasteiger partial charge in [-0.05, 0) is 56.4 Å². The lowest BCUT2D eigenvalue weighted by molar-refractivity contribution is -0.144. The molecule has 1 aliphatic heterocycles. The van der Waals surface area contributed by atoms with Gasteiger partial charge in [-0.15, -0.1) is 0 Å². The molecule has 8 heteroatoms. The molecule has 1 saturated carbocycles. The smallest absolute Gasteiger partial charge is 0.240 e. The molecule has 2 heterocycles. The van der Waals surface area contributed by atoms with E-state index in [1.165, 1.54) is 0 Å². The average molecular weight is 482 g/mol. The van der Waals surface area contributed by atoms with Gasteiger partial charge in [-0.3, -0.25) is 4.79 Å². The summed E-state index contributed by atoms with van der Waals surface area (Å²) in [5.74, 6) is 0.150. The highest BCUT2D eigenvalue weighted by Gasteiger charge is 2.34. The van der Waals surface area contributed by atoms with E-state index >= 15 is 0 Å². The topological polar surface area (TPSA) is 91.5 Å². The highest BCUT2D eigenvalue weighted by Crippen LogP contribution is 2.29. The van der Waals surface area contributed by atoms with Gasteiger partial charge < -0.3 is 14.6 Å². The Morgan fingerprint density at radius 2 is 1.82 bits per heavy atom. The van der Waals surface area contributed by atoms with Crippen molar-refractivity contribution in [3.8, 4) is 11.3 Å². The highest BCUT2D eigenvalue weighted by molar-refractivity contribution is 7.89. The van der Waals surface area contributed by atoms with Crippen LogP contribution in [-0.2, 0) is 19.6 Å². The van der Waals surface area contributed by atoms with Crippen molar-refractivity contribution < 1.29 is 17.9 Å². The molecule has 34 heavy (non-hydrogen) atoms. The number of aromatic amines is 1. The fourth-order valence-electron chi connectivity index (χ4n) is 5.08. The number of sulfonamides is 1. The molecule has 2 fully saturated rings. The molecule has 1 aliphatic carbocycles. The van der Waals surface area contributed by atoms with Crippen molar-refractivity contribution >= 4 is 26.8 Å². The second-order valence-electron chi connectivity index (χ2n) is 9.42. The van der Waals surface area contributed by atoms with Gasteiger partial charge in [0.25, 0.3) is 0 Å². The number of aromatic nitrogens is 1. The quantitative estimate of drug-likeness (QED) is 0.578. The van der Waals surface area contributed by atoms with E-state index in [-0.39, 0.29) is 28.8 Å². The second kappa shape index (κ2) is 9.52. The van der Waals surface area contributed by atoms with E-state index in [2.05, 4.69) is 9.71 Å². The van der Waals surface area contributed by atoms with Crippen LogP contribution in [-0.4, -0.2) is 56.1 Å². The molecule has 180 valence electrons. The summed E-state index contributed by atoms with van der Waals surface area (Å²) in [5, 5.41) is 0.967. The van der Waals surface area contributed by atoms with Crippen LogP contribution in [0.15, 0.2) is 59.5 Å². The van der Waals surface area contributed by atoms with Crippen molar-refractivity contribution in [3.05, 3.63) is 54.6 Å². The van der Waals surface area contributed by atoms with Gasteiger partial charge in [-0.1, -0.05) is 36.4 Å². The normalized spacial score (nSPS) is 23.8. The van der Waals surface area contributed by atoms with E-state index in [0.717, 1.165) is 22.2 Å². The van der Waals surface area contributed by atoms with E-state index in [1.807, 2.05) is 54.3 Å². The first-order chi connectivity index (χ1) is 16.4. The first kappa shape index (κ1) is 23.1. The van der Waals surface area contributed by atoms with Crippen LogP contribution >= 0.6 is 0 Å². The van der Waals surface area contributed by atoms with Crippen molar-refractivity contribution in [1.29, 1.82) is 0 Å². The molecule has 2 aromatic carbocycles. The van der Waals surface area contributed by atoms with Crippen molar-refractivity contribution in [2.24, 2.45) is 5.92 Å². The number of nitrogens with zero attached hydrogens (tertiary/aromatic N) is 1. The van der Waals surface area contributed by atoms with Crippen LogP contribution in [0.2, 0.25) is 0 Å². The van der Waals surface area contributed by atoms with E-state index in [0.29, 0.717) is 45.4 Å². The van der Waals surface area contributed by atoms with Gasteiger partial charge in [0.15, 0.2) is 0 Å². The van der Waals surface area contributed by atoms with Crippen LogP contribution in [0.1, 0.15) is 32.6 Å². The SMILES string of the molecule is CC1COCCN1C(=O)C1CCC(NS(=O)(=O)c2ccc3cc(-c4ccccc4)[nH]c3c2)CC1. The Hall–Kier alpha value is -2.68. The van der Waals surface area contributed by atoms with Gasteiger partial charge >= 0.3 is 0 Å². The Kier molecular flexibility index (Phi) is 6.46. The molecule has 0 bridgehead atoms. The third-order valence-corrected chi connectivity index (χ3v) is 8.56. The number of hydrogen-bond donors (Lipinski definition) is 2. The Morgan fingerprint density at radius 1 is 1.06 bits per heavy atom. The molecule has 1 unspecified atom stereocenters. The number of nitrogens with one attached hydrogen (secondary N) is 2. The Labute approximate surface area is 200 Å². The number of benzene rings is 2. The van der Waals surface area contributed by atoms with Crippen molar-refractivity contribution in [1.82, 2.24) is 14.6 Å². The number of amides is 1.